The Balaban J connectivity index is 2.12. The number of nitrogens with one attached hydrogen (secondary N) is 2. The molecule has 0 fully saturated rings. The molecule has 0 radical (unpaired) electrons. The van der Waals surface area contributed by atoms with E-state index >= 15 is 0 Å². The van der Waals surface area contributed by atoms with Crippen molar-refractivity contribution in [2.75, 3.05) is 22.1 Å². The highest BCUT2D eigenvalue weighted by Crippen LogP contribution is 2.14. The van der Waals surface area contributed by atoms with Gasteiger partial charge >= 0.3 is 0 Å². The zero-order chi connectivity index (χ0) is 24.7. The van der Waals surface area contributed by atoms with Gasteiger partial charge in [0.2, 0.25) is 11.8 Å². The first-order valence-electron chi connectivity index (χ1n) is 13.4. The third kappa shape index (κ3) is 18.2. The number of pyridine rings is 1. The van der Waals surface area contributed by atoms with Gasteiger partial charge in [0.15, 0.2) is 0 Å². The lowest BCUT2D eigenvalue weighted by molar-refractivity contribution is -0.117. The molecule has 7 heteroatoms. The molecule has 1 heterocycles. The van der Waals surface area contributed by atoms with Gasteiger partial charge in [-0.05, 0) is 49.3 Å². The van der Waals surface area contributed by atoms with Crippen LogP contribution in [0.15, 0.2) is 18.2 Å². The van der Waals surface area contributed by atoms with Crippen molar-refractivity contribution in [1.29, 1.82) is 0 Å². The van der Waals surface area contributed by atoms with E-state index in [0.717, 1.165) is 37.2 Å². The molecule has 0 saturated heterocycles. The van der Waals surface area contributed by atoms with Crippen LogP contribution in [0.4, 0.5) is 11.6 Å². The number of carbonyl (C=O) groups excluding carboxylic acids is 2. The SMILES string of the molecule is O=C(CCCCCCCCCCS)Nc1cccc(NC(=O)CCCCCCCCCCS)n1. The number of carbonyl (C=O) groups is 2. The van der Waals surface area contributed by atoms with Crippen molar-refractivity contribution in [2.45, 2.75) is 116 Å². The number of aromatic nitrogens is 1. The summed E-state index contributed by atoms with van der Waals surface area (Å²) in [6, 6.07) is 5.32. The van der Waals surface area contributed by atoms with E-state index in [1.807, 2.05) is 0 Å². The fourth-order valence-corrected chi connectivity index (χ4v) is 4.35. The summed E-state index contributed by atoms with van der Waals surface area (Å²) in [6.45, 7) is 0. The summed E-state index contributed by atoms with van der Waals surface area (Å²) in [7, 11) is 0. The Hall–Kier alpha value is -1.21. The summed E-state index contributed by atoms with van der Waals surface area (Å²) >= 11 is 8.47. The largest absolute Gasteiger partial charge is 0.311 e. The molecule has 0 aliphatic rings. The highest BCUT2D eigenvalue weighted by atomic mass is 32.1. The van der Waals surface area contributed by atoms with E-state index in [9.17, 15) is 9.59 Å². The van der Waals surface area contributed by atoms with Crippen LogP contribution in [0.5, 0.6) is 0 Å². The quantitative estimate of drug-likeness (QED) is 0.0950. The maximum atomic E-state index is 12.2. The van der Waals surface area contributed by atoms with Crippen LogP contribution >= 0.6 is 25.3 Å². The fourth-order valence-electron chi connectivity index (χ4n) is 3.90. The highest BCUT2D eigenvalue weighted by Gasteiger charge is 2.07. The fraction of sp³-hybridized carbons (Fsp3) is 0.741. The molecule has 0 aliphatic heterocycles. The summed E-state index contributed by atoms with van der Waals surface area (Å²) in [5.41, 5.74) is 0. The van der Waals surface area contributed by atoms with Crippen molar-refractivity contribution in [3.63, 3.8) is 0 Å². The monoisotopic (exact) mass is 509 g/mol. The molecule has 0 saturated carbocycles. The number of thiol groups is 2. The highest BCUT2D eigenvalue weighted by molar-refractivity contribution is 7.80. The van der Waals surface area contributed by atoms with Crippen LogP contribution in [-0.4, -0.2) is 28.3 Å². The first kappa shape index (κ1) is 30.8. The van der Waals surface area contributed by atoms with Crippen LogP contribution in [0.2, 0.25) is 0 Å². The van der Waals surface area contributed by atoms with E-state index in [1.165, 1.54) is 77.0 Å². The summed E-state index contributed by atoms with van der Waals surface area (Å²) in [4.78, 5) is 28.8. The van der Waals surface area contributed by atoms with Crippen LogP contribution in [0, 0.1) is 0 Å². The number of unbranched alkanes of at least 4 members (excludes halogenated alkanes) is 14. The Morgan fingerprint density at radius 3 is 1.24 bits per heavy atom. The van der Waals surface area contributed by atoms with Gasteiger partial charge in [0, 0.05) is 12.8 Å². The van der Waals surface area contributed by atoms with Crippen LogP contribution in [0.25, 0.3) is 0 Å². The molecule has 194 valence electrons. The van der Waals surface area contributed by atoms with Crippen LogP contribution in [-0.2, 0) is 9.59 Å². The third-order valence-electron chi connectivity index (χ3n) is 5.91. The van der Waals surface area contributed by atoms with Crippen molar-refractivity contribution in [2.24, 2.45) is 0 Å². The molecule has 0 atom stereocenters. The molecule has 0 aliphatic carbocycles. The minimum absolute atomic E-state index is 0.0182. The second-order valence-corrected chi connectivity index (χ2v) is 10.0. The van der Waals surface area contributed by atoms with E-state index in [4.69, 9.17) is 0 Å². The molecular weight excluding hydrogens is 462 g/mol. The van der Waals surface area contributed by atoms with E-state index in [2.05, 4.69) is 40.9 Å². The topological polar surface area (TPSA) is 71.1 Å². The van der Waals surface area contributed by atoms with E-state index < -0.39 is 0 Å². The van der Waals surface area contributed by atoms with Gasteiger partial charge in [-0.25, -0.2) is 4.98 Å². The molecule has 1 rings (SSSR count). The van der Waals surface area contributed by atoms with Crippen molar-refractivity contribution >= 4 is 48.7 Å². The van der Waals surface area contributed by atoms with Gasteiger partial charge in [0.25, 0.3) is 0 Å². The average Bonchev–Trinajstić information content (AvgIpc) is 2.82. The van der Waals surface area contributed by atoms with E-state index in [0.29, 0.717) is 24.5 Å². The second-order valence-electron chi connectivity index (χ2n) is 9.11. The number of anilines is 2. The van der Waals surface area contributed by atoms with Crippen LogP contribution in [0.1, 0.15) is 116 Å². The molecule has 2 N–H and O–H groups in total. The maximum Gasteiger partial charge on any atom is 0.225 e. The second kappa shape index (κ2) is 22.3. The maximum absolute atomic E-state index is 12.2. The molecule has 2 amide bonds. The summed E-state index contributed by atoms with van der Waals surface area (Å²) in [6.07, 6.45) is 19.9. The first-order valence-corrected chi connectivity index (χ1v) is 14.7. The van der Waals surface area contributed by atoms with Gasteiger partial charge in [-0.15, -0.1) is 0 Å². The number of amides is 2. The number of rotatable bonds is 22. The first-order chi connectivity index (χ1) is 16.7. The molecule has 0 aromatic carbocycles. The molecule has 1 aromatic heterocycles. The zero-order valence-corrected chi connectivity index (χ0v) is 22.8. The molecule has 5 nitrogen and oxygen atoms in total. The Kier molecular flexibility index (Phi) is 20.2. The Morgan fingerprint density at radius 1 is 0.559 bits per heavy atom. The normalized spacial score (nSPS) is 10.9. The van der Waals surface area contributed by atoms with Gasteiger partial charge in [-0.1, -0.05) is 83.1 Å². The van der Waals surface area contributed by atoms with Gasteiger partial charge in [-0.2, -0.15) is 25.3 Å². The molecule has 0 spiro atoms. The lowest BCUT2D eigenvalue weighted by Gasteiger charge is -2.08. The number of hydrogen-bond acceptors (Lipinski definition) is 5. The molecular formula is C27H47N3O2S2. The zero-order valence-electron chi connectivity index (χ0n) is 21.0. The standard InChI is InChI=1S/C27H47N3O2S2/c31-26(20-13-9-5-1-3-7-11-15-22-33)29-24-18-17-19-25(28-24)30-27(32)21-14-10-6-2-4-8-12-16-23-34/h17-19,33-34H,1-16,20-23H2,(H2,28,29,30,31,32). The van der Waals surface area contributed by atoms with E-state index in [1.54, 1.807) is 18.2 Å². The van der Waals surface area contributed by atoms with Gasteiger partial charge < -0.3 is 10.6 Å². The van der Waals surface area contributed by atoms with Crippen molar-refractivity contribution < 1.29 is 9.59 Å². The molecule has 1 aromatic rings. The van der Waals surface area contributed by atoms with Crippen LogP contribution in [0.3, 0.4) is 0 Å². The van der Waals surface area contributed by atoms with Crippen molar-refractivity contribution in [1.82, 2.24) is 4.98 Å². The number of nitrogens with zero attached hydrogens (tertiary/aromatic N) is 1. The Bertz CT molecular complexity index is 607. The smallest absolute Gasteiger partial charge is 0.225 e. The average molecular weight is 510 g/mol. The molecule has 0 bridgehead atoms. The predicted octanol–water partition coefficient (Wildman–Crippen LogP) is 7.84. The third-order valence-corrected chi connectivity index (χ3v) is 6.54. The summed E-state index contributed by atoms with van der Waals surface area (Å²) in [5.74, 6) is 2.91. The molecule has 0 unspecified atom stereocenters. The van der Waals surface area contributed by atoms with Gasteiger partial charge in [0.05, 0.1) is 0 Å². The summed E-state index contributed by atoms with van der Waals surface area (Å²) < 4.78 is 0. The van der Waals surface area contributed by atoms with Crippen LogP contribution < -0.4 is 10.6 Å². The number of hydrogen-bond donors (Lipinski definition) is 4. The minimum Gasteiger partial charge on any atom is -0.311 e. The van der Waals surface area contributed by atoms with Crippen molar-refractivity contribution in [3.05, 3.63) is 18.2 Å². The summed E-state index contributed by atoms with van der Waals surface area (Å²) in [5, 5.41) is 5.70. The van der Waals surface area contributed by atoms with Gasteiger partial charge in [0.1, 0.15) is 11.6 Å². The Morgan fingerprint density at radius 2 is 0.882 bits per heavy atom. The lowest BCUT2D eigenvalue weighted by atomic mass is 10.1. The van der Waals surface area contributed by atoms with E-state index in [-0.39, 0.29) is 11.8 Å². The lowest BCUT2D eigenvalue weighted by Crippen LogP contribution is -2.15. The molecule has 34 heavy (non-hydrogen) atoms. The Labute approximate surface area is 218 Å². The van der Waals surface area contributed by atoms with Gasteiger partial charge in [-0.3, -0.25) is 9.59 Å². The minimum atomic E-state index is -0.0182. The predicted molar refractivity (Wildman–Crippen MR) is 152 cm³/mol. The van der Waals surface area contributed by atoms with Crippen molar-refractivity contribution in [3.8, 4) is 0 Å².